The Bertz CT molecular complexity index is 3780. The zero-order valence-corrected chi connectivity index (χ0v) is 56.7. The molecule has 4 aromatic rings. The molecule has 0 radical (unpaired) electrons. The van der Waals surface area contributed by atoms with Gasteiger partial charge in [-0.25, -0.2) is 9.59 Å². The van der Waals surface area contributed by atoms with Crippen LogP contribution >= 0.6 is 0 Å². The Morgan fingerprint density at radius 2 is 1.67 bits per heavy atom. The summed E-state index contributed by atoms with van der Waals surface area (Å²) in [6, 6.07) is 31.3. The summed E-state index contributed by atoms with van der Waals surface area (Å²) in [5.41, 5.74) is 7.76. The van der Waals surface area contributed by atoms with Crippen molar-refractivity contribution in [3.63, 3.8) is 0 Å². The van der Waals surface area contributed by atoms with Crippen LogP contribution in [0.3, 0.4) is 0 Å². The van der Waals surface area contributed by atoms with Crippen LogP contribution in [0, 0.1) is 75.9 Å². The van der Waals surface area contributed by atoms with Crippen LogP contribution in [-0.4, -0.2) is 95.9 Å². The molecule has 6 aliphatic carbocycles. The number of carbonyl (C=O) groups is 3. The normalized spacial score (nSPS) is 33.7. The molecule has 6 aliphatic heterocycles. The molecular formula is C82H101N5O9. The van der Waals surface area contributed by atoms with E-state index in [4.69, 9.17) is 9.47 Å². The first kappa shape index (κ1) is 66.7. The fraction of sp³-hybridized carbons (Fsp3) is 0.549. The first-order valence-electron chi connectivity index (χ1n) is 36.6. The number of nitrogens with one attached hydrogen (secondary N) is 5. The quantitative estimate of drug-likeness (QED) is 0.0249. The van der Waals surface area contributed by atoms with Gasteiger partial charge in [-0.1, -0.05) is 111 Å². The number of benzene rings is 4. The highest BCUT2D eigenvalue weighted by Gasteiger charge is 2.69. The highest BCUT2D eigenvalue weighted by Crippen LogP contribution is 2.72. The molecule has 0 amide bonds. The van der Waals surface area contributed by atoms with Crippen LogP contribution in [0.15, 0.2) is 131 Å². The number of esters is 2. The monoisotopic (exact) mass is 1300 g/mol. The molecule has 96 heavy (non-hydrogen) atoms. The van der Waals surface area contributed by atoms with E-state index in [0.29, 0.717) is 93.7 Å². The molecule has 14 heteroatoms. The molecule has 14 bridgehead atoms. The molecule has 12 aliphatic rings. The molecule has 9 N–H and O–H groups in total. The summed E-state index contributed by atoms with van der Waals surface area (Å²) in [5, 5.41) is 67.3. The first-order valence-corrected chi connectivity index (χ1v) is 36.6. The molecule has 3 saturated carbocycles. The second-order valence-corrected chi connectivity index (χ2v) is 30.8. The smallest absolute Gasteiger partial charge is 0.340 e. The minimum atomic E-state index is -1.39. The maximum Gasteiger partial charge on any atom is 0.340 e. The van der Waals surface area contributed by atoms with Crippen molar-refractivity contribution in [2.75, 3.05) is 39.8 Å². The van der Waals surface area contributed by atoms with Gasteiger partial charge in [-0.3, -0.25) is 0 Å². The number of fused-ring (bicyclic) bond motifs is 5. The zero-order valence-electron chi connectivity index (χ0n) is 56.7. The average Bonchev–Trinajstić information content (AvgIpc) is 1.41. The van der Waals surface area contributed by atoms with Crippen molar-refractivity contribution in [2.45, 2.75) is 179 Å². The number of carbonyl (C=O) groups excluding carboxylic acids is 3. The Morgan fingerprint density at radius 1 is 0.812 bits per heavy atom. The van der Waals surface area contributed by atoms with Gasteiger partial charge in [-0.2, -0.15) is 0 Å². The van der Waals surface area contributed by atoms with Gasteiger partial charge in [-0.05, 0) is 258 Å². The number of allylic oxidation sites excluding steroid dienone is 5. The number of phenols is 1. The van der Waals surface area contributed by atoms with Crippen LogP contribution < -0.4 is 26.6 Å². The molecule has 14 nitrogen and oxygen atoms in total. The lowest BCUT2D eigenvalue weighted by Gasteiger charge is -2.56. The number of aromatic hydroxyl groups is 1. The van der Waals surface area contributed by atoms with E-state index in [-0.39, 0.29) is 84.4 Å². The highest BCUT2D eigenvalue weighted by atomic mass is 16.6. The van der Waals surface area contributed by atoms with Gasteiger partial charge in [0.05, 0.1) is 34.3 Å². The van der Waals surface area contributed by atoms with E-state index in [9.17, 15) is 25.2 Å². The van der Waals surface area contributed by atoms with Crippen LogP contribution in [0.1, 0.15) is 169 Å². The van der Waals surface area contributed by atoms with E-state index in [1.165, 1.54) is 16.7 Å². The number of β-amino-alcohol motifs (C(OH)–C–C–N with tert-alkyl or cyclic N) is 1. The molecule has 16 rings (SSSR count). The van der Waals surface area contributed by atoms with Crippen molar-refractivity contribution < 1.29 is 44.3 Å². The van der Waals surface area contributed by atoms with Crippen molar-refractivity contribution in [1.82, 2.24) is 26.6 Å². The summed E-state index contributed by atoms with van der Waals surface area (Å²) >= 11 is 0. The van der Waals surface area contributed by atoms with Gasteiger partial charge < -0.3 is 61.3 Å². The minimum absolute atomic E-state index is 0.0214. The fourth-order valence-corrected chi connectivity index (χ4v) is 20.4. The first-order chi connectivity index (χ1) is 46.6. The minimum Gasteiger partial charge on any atom is -0.508 e. The summed E-state index contributed by atoms with van der Waals surface area (Å²) < 4.78 is 13.6. The summed E-state index contributed by atoms with van der Waals surface area (Å²) in [4.78, 5) is 43.8. The second kappa shape index (κ2) is 28.0. The van der Waals surface area contributed by atoms with Crippen molar-refractivity contribution >= 4 is 23.8 Å². The van der Waals surface area contributed by atoms with Gasteiger partial charge >= 0.3 is 11.9 Å². The summed E-state index contributed by atoms with van der Waals surface area (Å²) in [5.74, 6) is 6.20. The Balaban J connectivity index is 0.966. The molecule has 2 saturated heterocycles. The topological polar surface area (TPSA) is 211 Å². The molecule has 1 spiro atoms. The number of hydrogen-bond acceptors (Lipinski definition) is 14. The van der Waals surface area contributed by atoms with E-state index >= 15 is 9.59 Å². The maximum absolute atomic E-state index is 15.7. The van der Waals surface area contributed by atoms with Gasteiger partial charge in [0, 0.05) is 61.7 Å². The highest BCUT2D eigenvalue weighted by molar-refractivity contribution is 6.07. The zero-order chi connectivity index (χ0) is 66.3. The fourth-order valence-electron chi connectivity index (χ4n) is 20.4. The number of hydrogen-bond donors (Lipinski definition) is 9. The van der Waals surface area contributed by atoms with E-state index in [2.05, 4.69) is 112 Å². The number of ether oxygens (including phenoxy) is 2. The molecule has 5 fully saturated rings. The van der Waals surface area contributed by atoms with Crippen LogP contribution in [0.25, 0.3) is 16.7 Å². The Kier molecular flexibility index (Phi) is 19.5. The van der Waals surface area contributed by atoms with Crippen LogP contribution in [-0.2, 0) is 49.8 Å². The summed E-state index contributed by atoms with van der Waals surface area (Å²) in [6.07, 6.45) is 20.1. The third kappa shape index (κ3) is 12.8. The predicted octanol–water partition coefficient (Wildman–Crippen LogP) is 11.8. The van der Waals surface area contributed by atoms with Crippen LogP contribution in [0.2, 0.25) is 0 Å². The summed E-state index contributed by atoms with van der Waals surface area (Å²) in [7, 11) is 2.04. The molecular weight excluding hydrogens is 1200 g/mol. The Labute approximate surface area is 568 Å². The van der Waals surface area contributed by atoms with Crippen molar-refractivity contribution in [2.24, 2.45) is 64.1 Å². The summed E-state index contributed by atoms with van der Waals surface area (Å²) in [6.45, 7) is 7.90. The number of phenolic OH excluding ortho intramolecular Hbond substituents is 1. The molecule has 6 heterocycles. The average molecular weight is 1300 g/mol. The van der Waals surface area contributed by atoms with E-state index in [1.807, 2.05) is 44.3 Å². The van der Waals surface area contributed by atoms with Gasteiger partial charge in [0.15, 0.2) is 0 Å². The Hall–Kier alpha value is -6.51. The number of aldehydes is 1. The largest absolute Gasteiger partial charge is 0.508 e. The number of aliphatic hydroxyl groups is 3. The van der Waals surface area contributed by atoms with E-state index < -0.39 is 40.3 Å². The third-order valence-corrected chi connectivity index (χ3v) is 25.0. The van der Waals surface area contributed by atoms with Crippen LogP contribution in [0.5, 0.6) is 5.75 Å². The molecule has 0 unspecified atom stereocenters. The molecule has 14 atom stereocenters. The van der Waals surface area contributed by atoms with Crippen LogP contribution in [0.4, 0.5) is 0 Å². The second-order valence-electron chi connectivity index (χ2n) is 30.8. The molecule has 0 aromatic heterocycles. The lowest BCUT2D eigenvalue weighted by molar-refractivity contribution is -0.135. The Morgan fingerprint density at radius 3 is 2.48 bits per heavy atom. The van der Waals surface area contributed by atoms with Gasteiger partial charge in [0.25, 0.3) is 0 Å². The van der Waals surface area contributed by atoms with Gasteiger partial charge in [0.1, 0.15) is 23.6 Å². The van der Waals surface area contributed by atoms with E-state index in [0.717, 1.165) is 129 Å². The predicted molar refractivity (Wildman–Crippen MR) is 373 cm³/mol. The SMILES string of the molecule is CCCNCc1cc2cc(c1)[C@H]1NC[C@@](C)(O)[C@H](CC=O)C#C[C@H](C3(O)CCCCC3)C[C@H]3C[C@@]([C@@H]4CCN[C@H](NC)C4)(C/C=C4\OC(=O)C5=C4CC[C@H]4[C@H]6CC[C@]7(C(=C6c6cc(O)ccc6-c6cccc(c6)CNCC2)C(=O)O/C7=C\[C@H](CCO)Cc2ccccc2)[C@@H]54)C[C@@H]31. The van der Waals surface area contributed by atoms with Gasteiger partial charge in [-0.15, -0.1) is 0 Å². The molecule has 508 valence electrons. The van der Waals surface area contributed by atoms with Crippen molar-refractivity contribution in [3.05, 3.63) is 165 Å². The van der Waals surface area contributed by atoms with Crippen molar-refractivity contribution in [3.8, 4) is 28.7 Å². The molecule has 4 aromatic carbocycles. The lowest BCUT2D eigenvalue weighted by atomic mass is 9.44. The number of piperidine rings is 1. The lowest BCUT2D eigenvalue weighted by Crippen LogP contribution is -2.52. The van der Waals surface area contributed by atoms with Gasteiger partial charge in [0.2, 0.25) is 0 Å². The van der Waals surface area contributed by atoms with Crippen molar-refractivity contribution in [1.29, 1.82) is 0 Å². The maximum atomic E-state index is 15.7. The van der Waals surface area contributed by atoms with E-state index in [1.54, 1.807) is 6.07 Å². The number of rotatable bonds is 14. The number of aliphatic hydroxyl groups excluding tert-OH is 1. The number of cyclic esters (lactones) is 1. The third-order valence-electron chi connectivity index (χ3n) is 25.0. The standard InChI is InChI=1S/C82H101N5O9/c1-4-32-84-49-55-38-52-24-33-85-48-54-14-11-15-56(40-54)63-19-18-62(90)45-67(63)72-64-22-31-82(70(96-78(92)75(72)82)42-53(26-35-88)37-51-12-7-5-8-13-51)74-65(64)20-21-66-69(95-77(91)73(66)74)23-30-80(60-25-34-86-71(44-60)83-3)46-58-43-61(81(94)28-9-6-10-29-81)17-16-59(27-36-89)79(2,93)50-87-76(68(58)47-80)57(39-52)41-55/h5,7-8,11-15,18-19,23,36,38-42,45,53,58-61,64-65,68,71,74,76,83-88,90,93-94H,4,6,9-10,20-22,24-35,37,43-44,46-50H2,1-3H3/b69-23-,70-42-/t53-,58+,59+,60-,61+,64-,65+,68+,71+,74-,76-,79-,80+,82-/m1/s1.